The van der Waals surface area contributed by atoms with Gasteiger partial charge in [-0.1, -0.05) is 18.2 Å². The molecule has 0 spiro atoms. The molecule has 0 saturated heterocycles. The van der Waals surface area contributed by atoms with Gasteiger partial charge in [0.15, 0.2) is 0 Å². The van der Waals surface area contributed by atoms with Crippen molar-refractivity contribution < 1.29 is 4.39 Å². The van der Waals surface area contributed by atoms with Crippen LogP contribution in [0.5, 0.6) is 0 Å². The van der Waals surface area contributed by atoms with E-state index >= 15 is 0 Å². The summed E-state index contributed by atoms with van der Waals surface area (Å²) in [4.78, 5) is 4.26. The first-order chi connectivity index (χ1) is 9.72. The van der Waals surface area contributed by atoms with Crippen LogP contribution in [0.2, 0.25) is 0 Å². The third kappa shape index (κ3) is 2.80. The van der Waals surface area contributed by atoms with Crippen LogP contribution in [0.25, 0.3) is 10.2 Å². The number of nitrogens with zero attached hydrogens (tertiary/aromatic N) is 1. The first kappa shape index (κ1) is 13.1. The monoisotopic (exact) mass is 286 g/mol. The summed E-state index contributed by atoms with van der Waals surface area (Å²) in [5.74, 6) is -0.140. The number of benzene rings is 2. The minimum atomic E-state index is -0.140. The van der Waals surface area contributed by atoms with Crippen LogP contribution in [0.4, 0.5) is 10.1 Å². The van der Waals surface area contributed by atoms with Crippen LogP contribution in [-0.2, 0) is 6.42 Å². The number of anilines is 1. The van der Waals surface area contributed by atoms with Gasteiger partial charge in [-0.25, -0.2) is 9.37 Å². The molecular weight excluding hydrogens is 271 g/mol. The molecule has 1 atom stereocenters. The Labute approximate surface area is 121 Å². The van der Waals surface area contributed by atoms with Gasteiger partial charge < -0.3 is 5.32 Å². The first-order valence-corrected chi connectivity index (χ1v) is 7.43. The SMILES string of the molecule is CC(Cc1ccccc1F)Nc1ccc2ncsc2c1. The van der Waals surface area contributed by atoms with Gasteiger partial charge in [0.1, 0.15) is 5.82 Å². The molecule has 0 aliphatic rings. The Morgan fingerprint density at radius 1 is 1.25 bits per heavy atom. The minimum absolute atomic E-state index is 0.140. The van der Waals surface area contributed by atoms with Crippen molar-refractivity contribution in [2.75, 3.05) is 5.32 Å². The topological polar surface area (TPSA) is 24.9 Å². The largest absolute Gasteiger partial charge is 0.382 e. The highest BCUT2D eigenvalue weighted by molar-refractivity contribution is 7.16. The number of hydrogen-bond acceptors (Lipinski definition) is 3. The number of halogens is 1. The van der Waals surface area contributed by atoms with Crippen LogP contribution < -0.4 is 5.32 Å². The van der Waals surface area contributed by atoms with E-state index in [-0.39, 0.29) is 11.9 Å². The van der Waals surface area contributed by atoms with Crippen molar-refractivity contribution in [3.63, 3.8) is 0 Å². The Hall–Kier alpha value is -1.94. The lowest BCUT2D eigenvalue weighted by molar-refractivity contribution is 0.601. The molecule has 0 aliphatic carbocycles. The Kier molecular flexibility index (Phi) is 3.65. The highest BCUT2D eigenvalue weighted by Crippen LogP contribution is 2.22. The molecule has 1 N–H and O–H groups in total. The molecular formula is C16H15FN2S. The lowest BCUT2D eigenvalue weighted by Crippen LogP contribution is -2.18. The second-order valence-electron chi connectivity index (χ2n) is 4.88. The fourth-order valence-electron chi connectivity index (χ4n) is 2.27. The van der Waals surface area contributed by atoms with Crippen molar-refractivity contribution >= 4 is 27.2 Å². The molecule has 102 valence electrons. The molecule has 2 aromatic carbocycles. The Morgan fingerprint density at radius 3 is 2.95 bits per heavy atom. The van der Waals surface area contributed by atoms with Gasteiger partial charge in [0.25, 0.3) is 0 Å². The summed E-state index contributed by atoms with van der Waals surface area (Å²) in [5, 5.41) is 3.41. The number of aromatic nitrogens is 1. The molecule has 1 aromatic heterocycles. The van der Waals surface area contributed by atoms with Crippen molar-refractivity contribution in [1.82, 2.24) is 4.98 Å². The van der Waals surface area contributed by atoms with Crippen molar-refractivity contribution in [1.29, 1.82) is 0 Å². The molecule has 4 heteroatoms. The van der Waals surface area contributed by atoms with Crippen LogP contribution in [0.3, 0.4) is 0 Å². The van der Waals surface area contributed by atoms with Crippen LogP contribution in [0, 0.1) is 5.82 Å². The number of nitrogens with one attached hydrogen (secondary N) is 1. The van der Waals surface area contributed by atoms with E-state index in [1.165, 1.54) is 6.07 Å². The van der Waals surface area contributed by atoms with Crippen LogP contribution in [0.1, 0.15) is 12.5 Å². The zero-order valence-electron chi connectivity index (χ0n) is 11.1. The van der Waals surface area contributed by atoms with Crippen LogP contribution in [-0.4, -0.2) is 11.0 Å². The number of hydrogen-bond donors (Lipinski definition) is 1. The fourth-order valence-corrected chi connectivity index (χ4v) is 2.99. The Morgan fingerprint density at radius 2 is 2.10 bits per heavy atom. The zero-order valence-corrected chi connectivity index (χ0v) is 12.0. The minimum Gasteiger partial charge on any atom is -0.382 e. The number of rotatable bonds is 4. The van der Waals surface area contributed by atoms with E-state index in [0.29, 0.717) is 6.42 Å². The second-order valence-corrected chi connectivity index (χ2v) is 5.76. The molecule has 0 saturated carbocycles. The van der Waals surface area contributed by atoms with E-state index in [9.17, 15) is 4.39 Å². The third-order valence-corrected chi connectivity index (χ3v) is 4.02. The van der Waals surface area contributed by atoms with E-state index in [0.717, 1.165) is 21.5 Å². The molecule has 0 amide bonds. The average Bonchev–Trinajstić information content (AvgIpc) is 2.89. The first-order valence-electron chi connectivity index (χ1n) is 6.55. The van der Waals surface area contributed by atoms with Crippen molar-refractivity contribution in [2.45, 2.75) is 19.4 Å². The summed E-state index contributed by atoms with van der Waals surface area (Å²) in [7, 11) is 0. The average molecular weight is 286 g/mol. The quantitative estimate of drug-likeness (QED) is 0.765. The summed E-state index contributed by atoms with van der Waals surface area (Å²) < 4.78 is 14.8. The molecule has 0 aliphatic heterocycles. The van der Waals surface area contributed by atoms with Crippen LogP contribution in [0.15, 0.2) is 48.0 Å². The molecule has 0 radical (unpaired) electrons. The highest BCUT2D eigenvalue weighted by atomic mass is 32.1. The van der Waals surface area contributed by atoms with Crippen molar-refractivity contribution in [3.05, 3.63) is 59.4 Å². The van der Waals surface area contributed by atoms with E-state index in [4.69, 9.17) is 0 Å². The number of fused-ring (bicyclic) bond motifs is 1. The van der Waals surface area contributed by atoms with E-state index < -0.39 is 0 Å². The lowest BCUT2D eigenvalue weighted by atomic mass is 10.1. The molecule has 0 bridgehead atoms. The summed E-state index contributed by atoms with van der Waals surface area (Å²) in [6.07, 6.45) is 0.660. The summed E-state index contributed by atoms with van der Waals surface area (Å²) >= 11 is 1.62. The summed E-state index contributed by atoms with van der Waals surface area (Å²) in [6, 6.07) is 13.2. The molecule has 20 heavy (non-hydrogen) atoms. The maximum Gasteiger partial charge on any atom is 0.126 e. The van der Waals surface area contributed by atoms with Gasteiger partial charge in [0.2, 0.25) is 0 Å². The van der Waals surface area contributed by atoms with E-state index in [2.05, 4.69) is 23.3 Å². The van der Waals surface area contributed by atoms with Gasteiger partial charge in [0.05, 0.1) is 15.7 Å². The zero-order chi connectivity index (χ0) is 13.9. The van der Waals surface area contributed by atoms with Gasteiger partial charge in [-0.2, -0.15) is 0 Å². The van der Waals surface area contributed by atoms with Crippen molar-refractivity contribution in [3.8, 4) is 0 Å². The summed E-state index contributed by atoms with van der Waals surface area (Å²) in [6.45, 7) is 2.06. The van der Waals surface area contributed by atoms with Gasteiger partial charge in [-0.3, -0.25) is 0 Å². The van der Waals surface area contributed by atoms with Crippen LogP contribution >= 0.6 is 11.3 Å². The fraction of sp³-hybridized carbons (Fsp3) is 0.188. The lowest BCUT2D eigenvalue weighted by Gasteiger charge is -2.15. The van der Waals surface area contributed by atoms with Gasteiger partial charge in [0, 0.05) is 11.7 Å². The number of thiazole rings is 1. The predicted molar refractivity (Wildman–Crippen MR) is 82.8 cm³/mol. The smallest absolute Gasteiger partial charge is 0.126 e. The molecule has 1 heterocycles. The molecule has 3 rings (SSSR count). The highest BCUT2D eigenvalue weighted by Gasteiger charge is 2.08. The maximum atomic E-state index is 13.6. The Bertz CT molecular complexity index is 723. The second kappa shape index (κ2) is 5.59. The van der Waals surface area contributed by atoms with E-state index in [1.54, 1.807) is 17.4 Å². The molecule has 0 fully saturated rings. The normalized spacial score (nSPS) is 12.5. The van der Waals surface area contributed by atoms with Gasteiger partial charge in [-0.15, -0.1) is 11.3 Å². The summed E-state index contributed by atoms with van der Waals surface area (Å²) in [5.41, 5.74) is 4.65. The third-order valence-electron chi connectivity index (χ3n) is 3.23. The van der Waals surface area contributed by atoms with Gasteiger partial charge in [-0.05, 0) is 43.2 Å². The Balaban J connectivity index is 1.72. The molecule has 3 aromatic rings. The predicted octanol–water partition coefficient (Wildman–Crippen LogP) is 4.48. The standard InChI is InChI=1S/C16H15FN2S/c1-11(8-12-4-2-3-5-14(12)17)19-13-6-7-15-16(9-13)20-10-18-15/h2-7,9-11,19H,8H2,1H3. The molecule has 2 nitrogen and oxygen atoms in total. The van der Waals surface area contributed by atoms with E-state index in [1.807, 2.05) is 29.8 Å². The maximum absolute atomic E-state index is 13.6. The van der Waals surface area contributed by atoms with Gasteiger partial charge >= 0.3 is 0 Å². The molecule has 1 unspecified atom stereocenters. The van der Waals surface area contributed by atoms with Crippen molar-refractivity contribution in [2.24, 2.45) is 0 Å².